The van der Waals surface area contributed by atoms with Gasteiger partial charge < -0.3 is 20.4 Å². The molecule has 0 amide bonds. The van der Waals surface area contributed by atoms with Crippen molar-refractivity contribution in [1.82, 2.24) is 15.3 Å². The predicted molar refractivity (Wildman–Crippen MR) is 86.0 cm³/mol. The fourth-order valence-electron chi connectivity index (χ4n) is 2.49. The number of H-pyrrole nitrogens is 1. The summed E-state index contributed by atoms with van der Waals surface area (Å²) < 4.78 is 5.69. The standard InChI is InChI=1S/C15H18N4OS/c1-20-11-4-2-10(3-5-11)17-14-12-6-8-16-9-7-13(12)18-15(21)19-14/h2-5,16H,6-9H2,1H3,(H2,17,18,19,21). The molecule has 1 aliphatic heterocycles. The molecule has 0 atom stereocenters. The summed E-state index contributed by atoms with van der Waals surface area (Å²) in [5.74, 6) is 1.68. The number of rotatable bonds is 3. The van der Waals surface area contributed by atoms with Gasteiger partial charge in [0.15, 0.2) is 4.77 Å². The first-order valence-electron chi connectivity index (χ1n) is 7.00. The van der Waals surface area contributed by atoms with Crippen molar-refractivity contribution in [2.75, 3.05) is 25.5 Å². The van der Waals surface area contributed by atoms with Gasteiger partial charge >= 0.3 is 0 Å². The highest BCUT2D eigenvalue weighted by atomic mass is 32.1. The SMILES string of the molecule is COc1ccc(Nc2nc(=S)[nH]c3c2CCNCC3)cc1. The van der Waals surface area contributed by atoms with Gasteiger partial charge in [0, 0.05) is 29.9 Å². The van der Waals surface area contributed by atoms with Gasteiger partial charge in [-0.3, -0.25) is 0 Å². The van der Waals surface area contributed by atoms with Gasteiger partial charge in [0.25, 0.3) is 0 Å². The molecule has 0 saturated heterocycles. The van der Waals surface area contributed by atoms with Crippen LogP contribution >= 0.6 is 12.2 Å². The van der Waals surface area contributed by atoms with E-state index in [1.165, 1.54) is 11.3 Å². The number of ether oxygens (including phenoxy) is 1. The zero-order chi connectivity index (χ0) is 14.7. The van der Waals surface area contributed by atoms with Gasteiger partial charge in [-0.1, -0.05) is 0 Å². The zero-order valence-electron chi connectivity index (χ0n) is 11.9. The van der Waals surface area contributed by atoms with E-state index in [1.807, 2.05) is 24.3 Å². The van der Waals surface area contributed by atoms with E-state index in [0.29, 0.717) is 4.77 Å². The highest BCUT2D eigenvalue weighted by Crippen LogP contribution is 2.24. The number of aromatic nitrogens is 2. The molecule has 0 unspecified atom stereocenters. The van der Waals surface area contributed by atoms with Gasteiger partial charge in [-0.15, -0.1) is 0 Å². The third-order valence-corrected chi connectivity index (χ3v) is 3.77. The molecule has 0 spiro atoms. The highest BCUT2D eigenvalue weighted by molar-refractivity contribution is 7.71. The summed E-state index contributed by atoms with van der Waals surface area (Å²) in [7, 11) is 1.66. The van der Waals surface area contributed by atoms with Crippen molar-refractivity contribution < 1.29 is 4.74 Å². The van der Waals surface area contributed by atoms with Crippen LogP contribution in [0.2, 0.25) is 0 Å². The summed E-state index contributed by atoms with van der Waals surface area (Å²) in [4.78, 5) is 7.67. The summed E-state index contributed by atoms with van der Waals surface area (Å²) >= 11 is 5.24. The quantitative estimate of drug-likeness (QED) is 0.761. The largest absolute Gasteiger partial charge is 0.497 e. The lowest BCUT2D eigenvalue weighted by molar-refractivity contribution is 0.415. The molecule has 0 saturated carbocycles. The number of hydrogen-bond donors (Lipinski definition) is 3. The highest BCUT2D eigenvalue weighted by Gasteiger charge is 2.14. The smallest absolute Gasteiger partial charge is 0.198 e. The summed E-state index contributed by atoms with van der Waals surface area (Å²) in [6.07, 6.45) is 1.88. The maximum Gasteiger partial charge on any atom is 0.198 e. The van der Waals surface area contributed by atoms with Crippen LogP contribution in [0.5, 0.6) is 5.75 Å². The molecule has 21 heavy (non-hydrogen) atoms. The third kappa shape index (κ3) is 3.22. The number of nitrogens with one attached hydrogen (secondary N) is 3. The van der Waals surface area contributed by atoms with Crippen LogP contribution in [-0.4, -0.2) is 30.2 Å². The topological polar surface area (TPSA) is 62.0 Å². The van der Waals surface area contributed by atoms with Gasteiger partial charge in [-0.25, -0.2) is 4.98 Å². The molecule has 110 valence electrons. The van der Waals surface area contributed by atoms with Crippen LogP contribution in [0.1, 0.15) is 11.3 Å². The molecule has 2 heterocycles. The molecule has 0 bridgehead atoms. The number of benzene rings is 1. The summed E-state index contributed by atoms with van der Waals surface area (Å²) in [5.41, 5.74) is 3.36. The molecule has 0 fully saturated rings. The molecule has 3 N–H and O–H groups in total. The molecular weight excluding hydrogens is 284 g/mol. The van der Waals surface area contributed by atoms with E-state index in [2.05, 4.69) is 20.6 Å². The molecular formula is C15H18N4OS. The first kappa shape index (κ1) is 14.0. The summed E-state index contributed by atoms with van der Waals surface area (Å²) in [6.45, 7) is 1.92. The third-order valence-electron chi connectivity index (χ3n) is 3.58. The van der Waals surface area contributed by atoms with Crippen molar-refractivity contribution in [2.24, 2.45) is 0 Å². The Hall–Kier alpha value is -1.92. The molecule has 1 aliphatic rings. The molecule has 6 heteroatoms. The Morgan fingerprint density at radius 2 is 1.95 bits per heavy atom. The second-order valence-electron chi connectivity index (χ2n) is 4.95. The van der Waals surface area contributed by atoms with Gasteiger partial charge in [-0.2, -0.15) is 0 Å². The van der Waals surface area contributed by atoms with Gasteiger partial charge in [0.05, 0.1) is 7.11 Å². The number of anilines is 2. The Labute approximate surface area is 128 Å². The van der Waals surface area contributed by atoms with Crippen LogP contribution in [0.15, 0.2) is 24.3 Å². The molecule has 3 rings (SSSR count). The van der Waals surface area contributed by atoms with Gasteiger partial charge in [-0.05, 0) is 49.4 Å². The monoisotopic (exact) mass is 302 g/mol. The normalized spacial score (nSPS) is 14.1. The number of aromatic amines is 1. The number of methoxy groups -OCH3 is 1. The lowest BCUT2D eigenvalue weighted by atomic mass is 10.1. The second kappa shape index (κ2) is 6.24. The molecule has 2 aromatic rings. The summed E-state index contributed by atoms with van der Waals surface area (Å²) in [5, 5.41) is 6.76. The Kier molecular flexibility index (Phi) is 4.17. The van der Waals surface area contributed by atoms with Crippen LogP contribution in [0.4, 0.5) is 11.5 Å². The van der Waals surface area contributed by atoms with Crippen LogP contribution < -0.4 is 15.4 Å². The van der Waals surface area contributed by atoms with E-state index >= 15 is 0 Å². The zero-order valence-corrected chi connectivity index (χ0v) is 12.7. The molecule has 0 aliphatic carbocycles. The van der Waals surface area contributed by atoms with Crippen LogP contribution in [-0.2, 0) is 12.8 Å². The van der Waals surface area contributed by atoms with Crippen molar-refractivity contribution in [3.63, 3.8) is 0 Å². The van der Waals surface area contributed by atoms with Crippen molar-refractivity contribution in [3.8, 4) is 5.75 Å². The fourth-order valence-corrected chi connectivity index (χ4v) is 2.71. The first-order valence-corrected chi connectivity index (χ1v) is 7.41. The van der Waals surface area contributed by atoms with E-state index < -0.39 is 0 Å². The fraction of sp³-hybridized carbons (Fsp3) is 0.333. The molecule has 1 aromatic carbocycles. The average Bonchev–Trinajstić information content (AvgIpc) is 2.73. The van der Waals surface area contributed by atoms with Crippen molar-refractivity contribution in [2.45, 2.75) is 12.8 Å². The lowest BCUT2D eigenvalue weighted by Crippen LogP contribution is -2.16. The maximum atomic E-state index is 5.24. The minimum atomic E-state index is 0.520. The van der Waals surface area contributed by atoms with Crippen molar-refractivity contribution in [3.05, 3.63) is 40.3 Å². The number of nitrogens with zero attached hydrogens (tertiary/aromatic N) is 1. The van der Waals surface area contributed by atoms with E-state index in [4.69, 9.17) is 17.0 Å². The predicted octanol–water partition coefficient (Wildman–Crippen LogP) is 2.58. The summed E-state index contributed by atoms with van der Waals surface area (Å²) in [6, 6.07) is 7.79. The van der Waals surface area contributed by atoms with E-state index in [-0.39, 0.29) is 0 Å². The average molecular weight is 302 g/mol. The first-order chi connectivity index (χ1) is 10.3. The Morgan fingerprint density at radius 3 is 2.71 bits per heavy atom. The van der Waals surface area contributed by atoms with Gasteiger partial charge in [0.1, 0.15) is 11.6 Å². The maximum absolute atomic E-state index is 5.24. The van der Waals surface area contributed by atoms with E-state index in [9.17, 15) is 0 Å². The minimum absolute atomic E-state index is 0.520. The molecule has 1 aromatic heterocycles. The Bertz CT molecular complexity index is 681. The van der Waals surface area contributed by atoms with E-state index in [1.54, 1.807) is 7.11 Å². The minimum Gasteiger partial charge on any atom is -0.497 e. The number of hydrogen-bond acceptors (Lipinski definition) is 5. The van der Waals surface area contributed by atoms with E-state index in [0.717, 1.165) is 43.2 Å². The number of fused-ring (bicyclic) bond motifs is 1. The van der Waals surface area contributed by atoms with Crippen LogP contribution in [0.3, 0.4) is 0 Å². The van der Waals surface area contributed by atoms with Crippen LogP contribution in [0.25, 0.3) is 0 Å². The van der Waals surface area contributed by atoms with Crippen LogP contribution in [0, 0.1) is 4.77 Å². The Morgan fingerprint density at radius 1 is 1.19 bits per heavy atom. The van der Waals surface area contributed by atoms with Crippen molar-refractivity contribution in [1.29, 1.82) is 0 Å². The molecule has 5 nitrogen and oxygen atoms in total. The second-order valence-corrected chi connectivity index (χ2v) is 5.34. The molecule has 0 radical (unpaired) electrons. The van der Waals surface area contributed by atoms with Gasteiger partial charge in [0.2, 0.25) is 0 Å². The lowest BCUT2D eigenvalue weighted by Gasteiger charge is -2.13. The Balaban J connectivity index is 1.93. The van der Waals surface area contributed by atoms with Crippen molar-refractivity contribution >= 4 is 23.7 Å².